The van der Waals surface area contributed by atoms with Gasteiger partial charge < -0.3 is 15.8 Å². The highest BCUT2D eigenvalue weighted by molar-refractivity contribution is 8.00. The Kier molecular flexibility index (Phi) is 7.65. The summed E-state index contributed by atoms with van der Waals surface area (Å²) in [6, 6.07) is 10.5. The molecule has 3 rings (SSSR count). The first-order valence-corrected chi connectivity index (χ1v) is 11.6. The third-order valence-corrected chi connectivity index (χ3v) is 6.71. The maximum absolute atomic E-state index is 13.0. The number of esters is 1. The van der Waals surface area contributed by atoms with E-state index in [4.69, 9.17) is 10.5 Å². The predicted molar refractivity (Wildman–Crippen MR) is 126 cm³/mol. The summed E-state index contributed by atoms with van der Waals surface area (Å²) in [6.45, 7) is 5.51. The molecule has 3 aromatic rings. The fraction of sp³-hybridized carbons (Fsp3) is 0.286. The van der Waals surface area contributed by atoms with Gasteiger partial charge in [0.25, 0.3) is 5.56 Å². The minimum Gasteiger partial charge on any atom is -0.462 e. The zero-order chi connectivity index (χ0) is 23.3. The van der Waals surface area contributed by atoms with Crippen LogP contribution in [0.2, 0.25) is 0 Å². The standard InChI is InChI=1S/C21H23N5O4S2/c1-4-14(18(28)25-20-23-12(3)17(32-20)19(29)30-5-2)31-21-24-16(27)11-15(22)26(21)13-9-7-6-8-10-13/h6-11,14H,4-5,22H2,1-3H3,(H,23,25,28)/t14-/m0/s1. The molecule has 0 aliphatic carbocycles. The van der Waals surface area contributed by atoms with E-state index in [9.17, 15) is 14.4 Å². The van der Waals surface area contributed by atoms with Crippen LogP contribution in [0.1, 0.15) is 35.6 Å². The minimum absolute atomic E-state index is 0.226. The van der Waals surface area contributed by atoms with E-state index in [1.807, 2.05) is 37.3 Å². The highest BCUT2D eigenvalue weighted by atomic mass is 32.2. The number of nitrogens with one attached hydrogen (secondary N) is 1. The summed E-state index contributed by atoms with van der Waals surface area (Å²) in [4.78, 5) is 45.7. The van der Waals surface area contributed by atoms with E-state index in [1.54, 1.807) is 18.4 Å². The fourth-order valence-corrected chi connectivity index (χ4v) is 4.77. The SMILES string of the molecule is CCOC(=O)c1sc(NC(=O)[C@H](CC)Sc2nc(=O)cc(N)n2-c2ccccc2)nc1C. The lowest BCUT2D eigenvalue weighted by Gasteiger charge is -2.18. The van der Waals surface area contributed by atoms with Crippen LogP contribution >= 0.6 is 23.1 Å². The van der Waals surface area contributed by atoms with Gasteiger partial charge in [0.2, 0.25) is 5.91 Å². The molecule has 32 heavy (non-hydrogen) atoms. The molecule has 0 radical (unpaired) electrons. The topological polar surface area (TPSA) is 129 Å². The van der Waals surface area contributed by atoms with Crippen molar-refractivity contribution in [2.75, 3.05) is 17.7 Å². The molecule has 9 nitrogen and oxygen atoms in total. The van der Waals surface area contributed by atoms with Crippen LogP contribution < -0.4 is 16.6 Å². The van der Waals surface area contributed by atoms with E-state index < -0.39 is 16.8 Å². The molecule has 3 N–H and O–H groups in total. The van der Waals surface area contributed by atoms with Crippen molar-refractivity contribution in [3.05, 3.63) is 57.3 Å². The van der Waals surface area contributed by atoms with Crippen molar-refractivity contribution in [2.24, 2.45) is 0 Å². The number of rotatable bonds is 8. The number of hydrogen-bond acceptors (Lipinski definition) is 9. The van der Waals surface area contributed by atoms with Gasteiger partial charge >= 0.3 is 5.97 Å². The number of para-hydroxylation sites is 1. The van der Waals surface area contributed by atoms with Crippen LogP contribution in [0.15, 0.2) is 46.3 Å². The summed E-state index contributed by atoms with van der Waals surface area (Å²) in [5.74, 6) is -0.568. The van der Waals surface area contributed by atoms with E-state index >= 15 is 0 Å². The molecule has 168 valence electrons. The van der Waals surface area contributed by atoms with E-state index in [0.717, 1.165) is 28.8 Å². The molecule has 0 bridgehead atoms. The van der Waals surface area contributed by atoms with Gasteiger partial charge in [0.05, 0.1) is 17.6 Å². The molecule has 0 aliphatic heterocycles. The molecule has 0 spiro atoms. The van der Waals surface area contributed by atoms with Crippen molar-refractivity contribution >= 4 is 45.9 Å². The van der Waals surface area contributed by atoms with Crippen LogP contribution in [0, 0.1) is 6.92 Å². The summed E-state index contributed by atoms with van der Waals surface area (Å²) in [6.07, 6.45) is 0.463. The molecule has 0 fully saturated rings. The third kappa shape index (κ3) is 5.35. The summed E-state index contributed by atoms with van der Waals surface area (Å²) in [5.41, 5.74) is 6.83. The van der Waals surface area contributed by atoms with Gasteiger partial charge in [-0.15, -0.1) is 0 Å². The van der Waals surface area contributed by atoms with E-state index in [1.165, 1.54) is 6.07 Å². The molecule has 0 unspecified atom stereocenters. The van der Waals surface area contributed by atoms with Crippen LogP contribution in [0.3, 0.4) is 0 Å². The van der Waals surface area contributed by atoms with Crippen LogP contribution in [-0.2, 0) is 9.53 Å². The summed E-state index contributed by atoms with van der Waals surface area (Å²) < 4.78 is 6.65. The monoisotopic (exact) mass is 473 g/mol. The Bertz CT molecular complexity index is 1180. The first kappa shape index (κ1) is 23.5. The van der Waals surface area contributed by atoms with Crippen molar-refractivity contribution in [3.63, 3.8) is 0 Å². The van der Waals surface area contributed by atoms with Gasteiger partial charge in [0.15, 0.2) is 10.3 Å². The number of aryl methyl sites for hydroxylation is 1. The largest absolute Gasteiger partial charge is 0.462 e. The lowest BCUT2D eigenvalue weighted by molar-refractivity contribution is -0.115. The third-order valence-electron chi connectivity index (χ3n) is 4.34. The number of ether oxygens (including phenoxy) is 1. The zero-order valence-electron chi connectivity index (χ0n) is 17.8. The van der Waals surface area contributed by atoms with Crippen LogP contribution in [0.25, 0.3) is 5.69 Å². The number of carbonyl (C=O) groups is 2. The van der Waals surface area contributed by atoms with Gasteiger partial charge in [0, 0.05) is 11.8 Å². The van der Waals surface area contributed by atoms with E-state index in [-0.39, 0.29) is 18.3 Å². The van der Waals surface area contributed by atoms with Crippen molar-refractivity contribution < 1.29 is 14.3 Å². The number of amides is 1. The molecule has 1 amide bonds. The van der Waals surface area contributed by atoms with Crippen LogP contribution in [-0.4, -0.2) is 38.3 Å². The second-order valence-corrected chi connectivity index (χ2v) is 8.80. The van der Waals surface area contributed by atoms with Crippen molar-refractivity contribution in [1.82, 2.24) is 14.5 Å². The first-order chi connectivity index (χ1) is 15.3. The fourth-order valence-electron chi connectivity index (χ4n) is 2.86. The Labute approximate surface area is 193 Å². The number of nitrogen functional groups attached to an aromatic ring is 1. The maximum Gasteiger partial charge on any atom is 0.350 e. The maximum atomic E-state index is 13.0. The number of carbonyl (C=O) groups excluding carboxylic acids is 2. The molecule has 2 aromatic heterocycles. The number of aromatic nitrogens is 3. The average molecular weight is 474 g/mol. The Hall–Kier alpha value is -3.18. The number of hydrogen-bond donors (Lipinski definition) is 2. The molecular formula is C21H23N5O4S2. The molecule has 1 aromatic carbocycles. The molecule has 2 heterocycles. The molecule has 0 aliphatic rings. The molecular weight excluding hydrogens is 450 g/mol. The number of nitrogens with zero attached hydrogens (tertiary/aromatic N) is 3. The van der Waals surface area contributed by atoms with Crippen LogP contribution in [0.5, 0.6) is 0 Å². The lowest BCUT2D eigenvalue weighted by atomic mass is 10.3. The van der Waals surface area contributed by atoms with Gasteiger partial charge in [-0.3, -0.25) is 14.2 Å². The smallest absolute Gasteiger partial charge is 0.350 e. The molecule has 11 heteroatoms. The van der Waals surface area contributed by atoms with E-state index in [0.29, 0.717) is 27.3 Å². The number of benzene rings is 1. The van der Waals surface area contributed by atoms with Gasteiger partial charge in [-0.25, -0.2) is 9.78 Å². The Morgan fingerprint density at radius 1 is 1.25 bits per heavy atom. The average Bonchev–Trinajstić information content (AvgIpc) is 3.12. The predicted octanol–water partition coefficient (Wildman–Crippen LogP) is 3.27. The van der Waals surface area contributed by atoms with Crippen LogP contribution in [0.4, 0.5) is 10.9 Å². The van der Waals surface area contributed by atoms with Gasteiger partial charge in [-0.05, 0) is 32.4 Å². The van der Waals surface area contributed by atoms with Crippen molar-refractivity contribution in [1.29, 1.82) is 0 Å². The Morgan fingerprint density at radius 2 is 1.97 bits per heavy atom. The van der Waals surface area contributed by atoms with Gasteiger partial charge in [-0.2, -0.15) is 4.98 Å². The summed E-state index contributed by atoms with van der Waals surface area (Å²) in [7, 11) is 0. The molecule has 1 atom stereocenters. The normalized spacial score (nSPS) is 11.7. The first-order valence-electron chi connectivity index (χ1n) is 9.91. The van der Waals surface area contributed by atoms with Gasteiger partial charge in [0.1, 0.15) is 10.7 Å². The highest BCUT2D eigenvalue weighted by Gasteiger charge is 2.24. The highest BCUT2D eigenvalue weighted by Crippen LogP contribution is 2.29. The summed E-state index contributed by atoms with van der Waals surface area (Å²) >= 11 is 2.19. The number of thiazole rings is 1. The van der Waals surface area contributed by atoms with Gasteiger partial charge in [-0.1, -0.05) is 48.2 Å². The second kappa shape index (κ2) is 10.4. The molecule has 0 saturated heterocycles. The Balaban J connectivity index is 1.85. The minimum atomic E-state index is -0.575. The number of nitrogens with two attached hydrogens (primary N) is 1. The lowest BCUT2D eigenvalue weighted by Crippen LogP contribution is -2.26. The number of thioether (sulfide) groups is 1. The quantitative estimate of drug-likeness (QED) is 0.290. The second-order valence-electron chi connectivity index (χ2n) is 6.63. The molecule has 0 saturated carbocycles. The Morgan fingerprint density at radius 3 is 2.62 bits per heavy atom. The summed E-state index contributed by atoms with van der Waals surface area (Å²) in [5, 5.41) is 2.79. The zero-order valence-corrected chi connectivity index (χ0v) is 19.5. The van der Waals surface area contributed by atoms with E-state index in [2.05, 4.69) is 15.3 Å². The van der Waals surface area contributed by atoms with Crippen molar-refractivity contribution in [2.45, 2.75) is 37.6 Å². The number of anilines is 2. The van der Waals surface area contributed by atoms with Crippen molar-refractivity contribution in [3.8, 4) is 5.69 Å².